The van der Waals surface area contributed by atoms with Crippen molar-refractivity contribution in [2.24, 2.45) is 0 Å². The Morgan fingerprint density at radius 2 is 1.82 bits per heavy atom. The van der Waals surface area contributed by atoms with Crippen molar-refractivity contribution < 1.29 is 0 Å². The second-order valence-electron chi connectivity index (χ2n) is 4.86. The highest BCUT2D eigenvalue weighted by Crippen LogP contribution is 2.18. The van der Waals surface area contributed by atoms with Crippen LogP contribution in [0, 0.1) is 0 Å². The molecule has 1 saturated carbocycles. The predicted octanol–water partition coefficient (Wildman–Crippen LogP) is 3.85. The van der Waals surface area contributed by atoms with Crippen LogP contribution in [0.5, 0.6) is 0 Å². The largest absolute Gasteiger partial charge is 0.373 e. The standard InChI is InChI=1S/C15H21NS/c1-2-12-8-10-13(11-9-12)15(17)16-14-6-4-3-5-7-14/h8-11,14H,2-7H2,1H3,(H,16,17). The van der Waals surface area contributed by atoms with Crippen molar-refractivity contribution in [1.82, 2.24) is 5.32 Å². The monoisotopic (exact) mass is 247 g/mol. The maximum absolute atomic E-state index is 5.47. The lowest BCUT2D eigenvalue weighted by atomic mass is 9.95. The van der Waals surface area contributed by atoms with Crippen LogP contribution >= 0.6 is 12.2 Å². The van der Waals surface area contributed by atoms with Gasteiger partial charge in [0.1, 0.15) is 4.99 Å². The summed E-state index contributed by atoms with van der Waals surface area (Å²) in [6.45, 7) is 2.17. The van der Waals surface area contributed by atoms with Crippen molar-refractivity contribution in [1.29, 1.82) is 0 Å². The average Bonchev–Trinajstić information content (AvgIpc) is 2.40. The minimum atomic E-state index is 0.599. The highest BCUT2D eigenvalue weighted by molar-refractivity contribution is 7.80. The van der Waals surface area contributed by atoms with Gasteiger partial charge in [-0.15, -0.1) is 0 Å². The summed E-state index contributed by atoms with van der Waals surface area (Å²) in [5.41, 5.74) is 2.52. The van der Waals surface area contributed by atoms with E-state index in [1.54, 1.807) is 0 Å². The third-order valence-electron chi connectivity index (χ3n) is 3.56. The smallest absolute Gasteiger partial charge is 0.106 e. The summed E-state index contributed by atoms with van der Waals surface area (Å²) in [5, 5.41) is 3.50. The zero-order chi connectivity index (χ0) is 12.1. The van der Waals surface area contributed by atoms with Crippen LogP contribution in [-0.4, -0.2) is 11.0 Å². The van der Waals surface area contributed by atoms with Crippen LogP contribution in [0.25, 0.3) is 0 Å². The summed E-state index contributed by atoms with van der Waals surface area (Å²) in [7, 11) is 0. The summed E-state index contributed by atoms with van der Waals surface area (Å²) >= 11 is 5.47. The number of benzene rings is 1. The summed E-state index contributed by atoms with van der Waals surface area (Å²) in [5.74, 6) is 0. The molecule has 1 aromatic carbocycles. The van der Waals surface area contributed by atoms with Crippen LogP contribution in [0.4, 0.5) is 0 Å². The number of hydrogen-bond acceptors (Lipinski definition) is 1. The van der Waals surface area contributed by atoms with Crippen molar-refractivity contribution in [3.05, 3.63) is 35.4 Å². The summed E-state index contributed by atoms with van der Waals surface area (Å²) < 4.78 is 0. The molecule has 0 aliphatic heterocycles. The maximum Gasteiger partial charge on any atom is 0.106 e. The van der Waals surface area contributed by atoms with Crippen LogP contribution in [0.1, 0.15) is 50.2 Å². The van der Waals surface area contributed by atoms with Gasteiger partial charge in [0, 0.05) is 11.6 Å². The molecule has 17 heavy (non-hydrogen) atoms. The number of rotatable bonds is 3. The van der Waals surface area contributed by atoms with E-state index in [1.165, 1.54) is 37.7 Å². The molecule has 1 N–H and O–H groups in total. The van der Waals surface area contributed by atoms with Crippen LogP contribution in [0.3, 0.4) is 0 Å². The second kappa shape index (κ2) is 6.15. The first-order chi connectivity index (χ1) is 8.29. The fraction of sp³-hybridized carbons (Fsp3) is 0.533. The number of hydrogen-bond donors (Lipinski definition) is 1. The third kappa shape index (κ3) is 3.53. The molecule has 1 aliphatic rings. The predicted molar refractivity (Wildman–Crippen MR) is 77.5 cm³/mol. The van der Waals surface area contributed by atoms with E-state index >= 15 is 0 Å². The topological polar surface area (TPSA) is 12.0 Å². The van der Waals surface area contributed by atoms with Gasteiger partial charge in [0.2, 0.25) is 0 Å². The molecule has 1 nitrogen and oxygen atoms in total. The van der Waals surface area contributed by atoms with E-state index in [2.05, 4.69) is 36.5 Å². The molecule has 0 aromatic heterocycles. The van der Waals surface area contributed by atoms with E-state index in [9.17, 15) is 0 Å². The molecule has 1 fully saturated rings. The Balaban J connectivity index is 1.93. The minimum absolute atomic E-state index is 0.599. The lowest BCUT2D eigenvalue weighted by Crippen LogP contribution is -2.35. The van der Waals surface area contributed by atoms with E-state index in [4.69, 9.17) is 12.2 Å². The Labute approximate surface area is 110 Å². The molecule has 0 spiro atoms. The van der Waals surface area contributed by atoms with Crippen LogP contribution in [0.15, 0.2) is 24.3 Å². The Kier molecular flexibility index (Phi) is 4.55. The number of thiocarbonyl (C=S) groups is 1. The van der Waals surface area contributed by atoms with Crippen LogP contribution in [0.2, 0.25) is 0 Å². The molecule has 0 radical (unpaired) electrons. The van der Waals surface area contributed by atoms with E-state index in [1.807, 2.05) is 0 Å². The molecular formula is C15H21NS. The van der Waals surface area contributed by atoms with Gasteiger partial charge in [-0.2, -0.15) is 0 Å². The fourth-order valence-corrected chi connectivity index (χ4v) is 2.71. The van der Waals surface area contributed by atoms with Crippen molar-refractivity contribution in [2.45, 2.75) is 51.5 Å². The van der Waals surface area contributed by atoms with Gasteiger partial charge in [-0.25, -0.2) is 0 Å². The Morgan fingerprint density at radius 3 is 2.41 bits per heavy atom. The summed E-state index contributed by atoms with van der Waals surface area (Å²) in [6, 6.07) is 9.21. The first-order valence-corrected chi connectivity index (χ1v) is 7.10. The average molecular weight is 247 g/mol. The van der Waals surface area contributed by atoms with Gasteiger partial charge in [0.15, 0.2) is 0 Å². The van der Waals surface area contributed by atoms with Crippen molar-refractivity contribution in [3.8, 4) is 0 Å². The molecule has 0 saturated heterocycles. The third-order valence-corrected chi connectivity index (χ3v) is 3.92. The Hall–Kier alpha value is -0.890. The lowest BCUT2D eigenvalue weighted by Gasteiger charge is -2.24. The summed E-state index contributed by atoms with van der Waals surface area (Å²) in [6.07, 6.45) is 7.70. The molecule has 2 rings (SSSR count). The van der Waals surface area contributed by atoms with E-state index in [-0.39, 0.29) is 0 Å². The van der Waals surface area contributed by atoms with E-state index < -0.39 is 0 Å². The van der Waals surface area contributed by atoms with E-state index in [0.717, 1.165) is 17.0 Å². The molecule has 0 atom stereocenters. The van der Waals surface area contributed by atoms with Crippen molar-refractivity contribution >= 4 is 17.2 Å². The van der Waals surface area contributed by atoms with Crippen molar-refractivity contribution in [3.63, 3.8) is 0 Å². The molecule has 0 heterocycles. The molecule has 92 valence electrons. The first kappa shape index (κ1) is 12.6. The van der Waals surface area contributed by atoms with Gasteiger partial charge in [0.05, 0.1) is 0 Å². The quantitative estimate of drug-likeness (QED) is 0.814. The highest BCUT2D eigenvalue weighted by atomic mass is 32.1. The maximum atomic E-state index is 5.47. The minimum Gasteiger partial charge on any atom is -0.373 e. The molecule has 1 aromatic rings. The van der Waals surface area contributed by atoms with Gasteiger partial charge in [-0.05, 0) is 24.8 Å². The zero-order valence-corrected chi connectivity index (χ0v) is 11.4. The lowest BCUT2D eigenvalue weighted by molar-refractivity contribution is 0.415. The molecule has 1 aliphatic carbocycles. The van der Waals surface area contributed by atoms with Crippen LogP contribution in [-0.2, 0) is 6.42 Å². The first-order valence-electron chi connectivity index (χ1n) is 6.69. The number of nitrogens with one attached hydrogen (secondary N) is 1. The van der Waals surface area contributed by atoms with Crippen molar-refractivity contribution in [2.75, 3.05) is 0 Å². The van der Waals surface area contributed by atoms with Gasteiger partial charge in [0.25, 0.3) is 0 Å². The van der Waals surface area contributed by atoms with Gasteiger partial charge < -0.3 is 5.32 Å². The zero-order valence-electron chi connectivity index (χ0n) is 10.5. The molecule has 0 unspecified atom stereocenters. The van der Waals surface area contributed by atoms with Gasteiger partial charge in [-0.1, -0.05) is 62.7 Å². The molecular weight excluding hydrogens is 226 g/mol. The summed E-state index contributed by atoms with van der Waals surface area (Å²) in [4.78, 5) is 0.916. The van der Waals surface area contributed by atoms with Crippen LogP contribution < -0.4 is 5.32 Å². The Morgan fingerprint density at radius 1 is 1.18 bits per heavy atom. The molecule has 0 amide bonds. The normalized spacial score (nSPS) is 16.8. The Bertz CT molecular complexity index is 363. The molecule has 0 bridgehead atoms. The highest BCUT2D eigenvalue weighted by Gasteiger charge is 2.14. The SMILES string of the molecule is CCc1ccc(C(=S)NC2CCCCC2)cc1. The second-order valence-corrected chi connectivity index (χ2v) is 5.27. The molecule has 2 heteroatoms. The number of aryl methyl sites for hydroxylation is 1. The van der Waals surface area contributed by atoms with E-state index in [0.29, 0.717) is 6.04 Å². The van der Waals surface area contributed by atoms with Gasteiger partial charge in [-0.3, -0.25) is 0 Å². The van der Waals surface area contributed by atoms with Gasteiger partial charge >= 0.3 is 0 Å². The fourth-order valence-electron chi connectivity index (χ4n) is 2.41.